The second kappa shape index (κ2) is 16.5. The van der Waals surface area contributed by atoms with E-state index < -0.39 is 18.2 Å². The summed E-state index contributed by atoms with van der Waals surface area (Å²) in [5.41, 5.74) is 4.55. The topological polar surface area (TPSA) is 144 Å². The van der Waals surface area contributed by atoms with Crippen LogP contribution in [0.5, 0.6) is 11.5 Å². The second-order valence-electron chi connectivity index (χ2n) is 13.8. The minimum absolute atomic E-state index is 0.0761. The number of fused-ring (bicyclic) bond motifs is 4. The number of ether oxygens (including phenoxy) is 2. The van der Waals surface area contributed by atoms with Gasteiger partial charge in [0.15, 0.2) is 5.75 Å². The summed E-state index contributed by atoms with van der Waals surface area (Å²) in [5.74, 6) is 1.24. The standard InChI is InChI=1S/C42H44N4O7/c47-27-53-38-14-12-34(35-13-15-39(49)44-40(35)38)37(48)24-43-19-16-28-6-4-7-29(22-28)26-52-33-11-5-10-32(23-33)41(31-8-2-1-3-9-31)46(42(50)51)36-25-45-20-17-30(36)18-21-45/h1-15,22-23,27,30,36-37,41,43,48H,16-21,24-26H2,(H,44,49)(H,50,51)/t36-,37-,41?/m0/s1. The molecule has 8 rings (SSSR count). The molecule has 3 aliphatic heterocycles. The summed E-state index contributed by atoms with van der Waals surface area (Å²) in [6.45, 7) is 4.38. The highest BCUT2D eigenvalue weighted by atomic mass is 16.5. The van der Waals surface area contributed by atoms with Crippen molar-refractivity contribution in [2.45, 2.75) is 44.1 Å². The molecule has 3 saturated heterocycles. The van der Waals surface area contributed by atoms with Gasteiger partial charge in [-0.1, -0.05) is 72.8 Å². The van der Waals surface area contributed by atoms with E-state index in [1.807, 2.05) is 66.7 Å². The SMILES string of the molecule is O=COc1ccc([C@@H](O)CNCCc2cccc(COc3cccc(C(c4ccccc4)N(C(=O)O)[C@H]4CN5CCC4CC5)c3)c2)c2ccc(=O)[nH]c12. The number of aromatic amines is 1. The first-order chi connectivity index (χ1) is 25.9. The number of rotatable bonds is 15. The average molecular weight is 717 g/mol. The van der Waals surface area contributed by atoms with Gasteiger partial charge in [0.05, 0.1) is 23.7 Å². The van der Waals surface area contributed by atoms with Crippen LogP contribution in [0.3, 0.4) is 0 Å². The van der Waals surface area contributed by atoms with Crippen LogP contribution in [-0.4, -0.2) is 76.3 Å². The largest absolute Gasteiger partial charge is 0.489 e. The first-order valence-electron chi connectivity index (χ1n) is 18.1. The lowest BCUT2D eigenvalue weighted by Crippen LogP contribution is -2.59. The van der Waals surface area contributed by atoms with Crippen molar-refractivity contribution < 1.29 is 29.3 Å². The van der Waals surface area contributed by atoms with Crippen LogP contribution in [0.25, 0.3) is 10.9 Å². The summed E-state index contributed by atoms with van der Waals surface area (Å²) < 4.78 is 11.3. The molecule has 0 spiro atoms. The molecular weight excluding hydrogens is 672 g/mol. The third kappa shape index (κ3) is 8.28. The van der Waals surface area contributed by atoms with Crippen LogP contribution in [0.1, 0.15) is 52.8 Å². The summed E-state index contributed by atoms with van der Waals surface area (Å²) in [4.78, 5) is 42.6. The number of piperidine rings is 3. The Morgan fingerprint density at radius 3 is 2.47 bits per heavy atom. The summed E-state index contributed by atoms with van der Waals surface area (Å²) in [6.07, 6.45) is 0.998. The smallest absolute Gasteiger partial charge is 0.408 e. The molecule has 53 heavy (non-hydrogen) atoms. The highest BCUT2D eigenvalue weighted by Crippen LogP contribution is 2.39. The molecule has 11 heteroatoms. The Bertz CT molecular complexity index is 2100. The molecule has 0 radical (unpaired) electrons. The first-order valence-corrected chi connectivity index (χ1v) is 18.1. The zero-order chi connectivity index (χ0) is 36.7. The molecule has 3 aliphatic rings. The number of aliphatic hydroxyl groups excluding tert-OH is 1. The summed E-state index contributed by atoms with van der Waals surface area (Å²) in [6, 6.07) is 31.6. The van der Waals surface area contributed by atoms with E-state index in [9.17, 15) is 24.6 Å². The van der Waals surface area contributed by atoms with Gasteiger partial charge in [-0.05, 0) is 96.9 Å². The highest BCUT2D eigenvalue weighted by molar-refractivity contribution is 5.88. The van der Waals surface area contributed by atoms with E-state index >= 15 is 0 Å². The number of amides is 1. The van der Waals surface area contributed by atoms with Crippen LogP contribution >= 0.6 is 0 Å². The molecule has 0 saturated carbocycles. The molecule has 5 aromatic rings. The number of carbonyl (C=O) groups excluding carboxylic acids is 1. The molecule has 3 atom stereocenters. The molecule has 274 valence electrons. The fourth-order valence-corrected chi connectivity index (χ4v) is 7.93. The van der Waals surface area contributed by atoms with E-state index in [4.69, 9.17) is 9.47 Å². The normalized spacial score (nSPS) is 19.0. The Hall–Kier alpha value is -5.49. The number of nitrogens with zero attached hydrogens (tertiary/aromatic N) is 2. The minimum atomic E-state index is -0.907. The lowest BCUT2D eigenvalue weighted by atomic mass is 9.81. The van der Waals surface area contributed by atoms with Crippen LogP contribution in [0.15, 0.2) is 108 Å². The number of aromatic nitrogens is 1. The Morgan fingerprint density at radius 1 is 0.943 bits per heavy atom. The number of carboxylic acid groups (broad SMARTS) is 1. The third-order valence-corrected chi connectivity index (χ3v) is 10.5. The van der Waals surface area contributed by atoms with Crippen LogP contribution in [0.4, 0.5) is 4.79 Å². The van der Waals surface area contributed by atoms with E-state index in [1.54, 1.807) is 23.1 Å². The predicted molar refractivity (Wildman–Crippen MR) is 201 cm³/mol. The molecule has 11 nitrogen and oxygen atoms in total. The predicted octanol–water partition coefficient (Wildman–Crippen LogP) is 5.67. The molecule has 4 heterocycles. The number of H-pyrrole nitrogens is 1. The van der Waals surface area contributed by atoms with Gasteiger partial charge in [0.25, 0.3) is 6.47 Å². The fourth-order valence-electron chi connectivity index (χ4n) is 7.93. The number of aliphatic hydroxyl groups is 1. The zero-order valence-corrected chi connectivity index (χ0v) is 29.4. The number of pyridine rings is 1. The van der Waals surface area contributed by atoms with Gasteiger partial charge in [0.2, 0.25) is 5.56 Å². The van der Waals surface area contributed by atoms with E-state index in [0.717, 1.165) is 61.2 Å². The summed E-state index contributed by atoms with van der Waals surface area (Å²) in [7, 11) is 0. The van der Waals surface area contributed by atoms with Gasteiger partial charge in [-0.15, -0.1) is 0 Å². The van der Waals surface area contributed by atoms with E-state index in [1.165, 1.54) is 6.07 Å². The zero-order valence-electron chi connectivity index (χ0n) is 29.4. The van der Waals surface area contributed by atoms with Crippen molar-refractivity contribution in [2.75, 3.05) is 32.7 Å². The quantitative estimate of drug-likeness (QED) is 0.0796. The Morgan fingerprint density at radius 2 is 1.72 bits per heavy atom. The second-order valence-corrected chi connectivity index (χ2v) is 13.8. The Labute approximate surface area is 307 Å². The molecule has 2 bridgehead atoms. The number of hydrogen-bond donors (Lipinski definition) is 4. The van der Waals surface area contributed by atoms with Crippen molar-refractivity contribution in [1.82, 2.24) is 20.1 Å². The van der Waals surface area contributed by atoms with Gasteiger partial charge in [0.1, 0.15) is 12.4 Å². The lowest BCUT2D eigenvalue weighted by Gasteiger charge is -2.50. The van der Waals surface area contributed by atoms with Crippen molar-refractivity contribution in [1.29, 1.82) is 0 Å². The van der Waals surface area contributed by atoms with Gasteiger partial charge in [-0.3, -0.25) is 14.5 Å². The first kappa shape index (κ1) is 35.9. The Kier molecular flexibility index (Phi) is 11.1. The van der Waals surface area contributed by atoms with Gasteiger partial charge in [0, 0.05) is 24.5 Å². The average Bonchev–Trinajstić information content (AvgIpc) is 3.19. The van der Waals surface area contributed by atoms with Crippen LogP contribution < -0.4 is 20.3 Å². The molecule has 1 amide bonds. The maximum Gasteiger partial charge on any atom is 0.408 e. The highest BCUT2D eigenvalue weighted by Gasteiger charge is 2.43. The van der Waals surface area contributed by atoms with Crippen LogP contribution in [0.2, 0.25) is 0 Å². The molecule has 1 unspecified atom stereocenters. The van der Waals surface area contributed by atoms with Gasteiger partial charge < -0.3 is 34.9 Å². The van der Waals surface area contributed by atoms with Crippen molar-refractivity contribution >= 4 is 23.5 Å². The van der Waals surface area contributed by atoms with Crippen molar-refractivity contribution in [3.63, 3.8) is 0 Å². The molecule has 3 fully saturated rings. The lowest BCUT2D eigenvalue weighted by molar-refractivity contribution is -0.120. The van der Waals surface area contributed by atoms with E-state index in [-0.39, 0.29) is 23.9 Å². The molecular formula is C42H44N4O7. The molecule has 1 aromatic heterocycles. The summed E-state index contributed by atoms with van der Waals surface area (Å²) >= 11 is 0. The van der Waals surface area contributed by atoms with Crippen LogP contribution in [-0.2, 0) is 17.8 Å². The number of nitrogens with one attached hydrogen (secondary N) is 2. The maximum atomic E-state index is 13.0. The van der Waals surface area contributed by atoms with E-state index in [0.29, 0.717) is 47.8 Å². The third-order valence-electron chi connectivity index (χ3n) is 10.5. The Balaban J connectivity index is 0.988. The number of hydrogen-bond acceptors (Lipinski definition) is 8. The molecule has 4 N–H and O–H groups in total. The summed E-state index contributed by atoms with van der Waals surface area (Å²) in [5, 5.41) is 25.6. The van der Waals surface area contributed by atoms with Gasteiger partial charge in [-0.25, -0.2) is 4.79 Å². The molecule has 4 aromatic carbocycles. The number of carbonyl (C=O) groups is 2. The van der Waals surface area contributed by atoms with E-state index in [2.05, 4.69) is 27.3 Å². The van der Waals surface area contributed by atoms with Gasteiger partial charge in [-0.2, -0.15) is 0 Å². The maximum absolute atomic E-state index is 13.0. The van der Waals surface area contributed by atoms with Crippen molar-refractivity contribution in [3.05, 3.63) is 141 Å². The van der Waals surface area contributed by atoms with Crippen molar-refractivity contribution in [3.8, 4) is 11.5 Å². The fraction of sp³-hybridized carbons (Fsp3) is 0.310. The van der Waals surface area contributed by atoms with Crippen LogP contribution in [0, 0.1) is 5.92 Å². The van der Waals surface area contributed by atoms with Gasteiger partial charge >= 0.3 is 6.09 Å². The number of benzene rings is 4. The molecule has 0 aliphatic carbocycles. The monoisotopic (exact) mass is 716 g/mol. The minimum Gasteiger partial charge on any atom is -0.489 e. The van der Waals surface area contributed by atoms with Crippen molar-refractivity contribution in [2.24, 2.45) is 5.92 Å².